The van der Waals surface area contributed by atoms with E-state index in [-0.39, 0.29) is 5.76 Å². The highest BCUT2D eigenvalue weighted by Crippen LogP contribution is 2.35. The molecule has 0 radical (unpaired) electrons. The van der Waals surface area contributed by atoms with Gasteiger partial charge in [-0.05, 0) is 40.9 Å². The number of rotatable bonds is 4. The molecule has 4 nitrogen and oxygen atoms in total. The van der Waals surface area contributed by atoms with Crippen molar-refractivity contribution in [2.75, 3.05) is 0 Å². The van der Waals surface area contributed by atoms with Crippen LogP contribution in [0.15, 0.2) is 14.3 Å². The summed E-state index contributed by atoms with van der Waals surface area (Å²) in [5, 5.41) is 9.07. The number of halogens is 1. The number of hydrogen-bond donors (Lipinski definition) is 1. The Morgan fingerprint density at radius 1 is 1.61 bits per heavy atom. The predicted molar refractivity (Wildman–Crippen MR) is 73.2 cm³/mol. The van der Waals surface area contributed by atoms with Gasteiger partial charge in [0.25, 0.3) is 0 Å². The van der Waals surface area contributed by atoms with Crippen LogP contribution in [0.3, 0.4) is 0 Å². The Bertz CT molecular complexity index is 569. The molecule has 0 aliphatic rings. The van der Waals surface area contributed by atoms with Crippen LogP contribution in [0.5, 0.6) is 0 Å². The molecule has 0 aliphatic heterocycles. The Morgan fingerprint density at radius 2 is 2.33 bits per heavy atom. The molecular formula is C12H12BrNO3S. The minimum absolute atomic E-state index is 0.0472. The Hall–Kier alpha value is -1.14. The van der Waals surface area contributed by atoms with Crippen molar-refractivity contribution in [3.63, 3.8) is 0 Å². The molecule has 0 aromatic carbocycles. The zero-order valence-corrected chi connectivity index (χ0v) is 12.4. The Morgan fingerprint density at radius 3 is 2.83 bits per heavy atom. The normalized spacial score (nSPS) is 10.8. The van der Waals surface area contributed by atoms with E-state index < -0.39 is 5.97 Å². The first-order chi connectivity index (χ1) is 8.52. The summed E-state index contributed by atoms with van der Waals surface area (Å²) in [6, 6.07) is 1.93. The van der Waals surface area contributed by atoms with E-state index in [2.05, 4.69) is 20.9 Å². The third-order valence-corrected chi connectivity index (χ3v) is 4.57. The molecule has 18 heavy (non-hydrogen) atoms. The zero-order chi connectivity index (χ0) is 13.3. The number of aryl methyl sites for hydroxylation is 2. The molecule has 1 N–H and O–H groups in total. The van der Waals surface area contributed by atoms with Crippen LogP contribution < -0.4 is 0 Å². The maximum Gasteiger partial charge on any atom is 0.373 e. The average molecular weight is 330 g/mol. The Balaban J connectivity index is 2.45. The molecule has 0 saturated heterocycles. The summed E-state index contributed by atoms with van der Waals surface area (Å²) in [5.74, 6) is -0.729. The fourth-order valence-corrected chi connectivity index (χ4v) is 3.06. The van der Waals surface area contributed by atoms with Crippen molar-refractivity contribution >= 4 is 33.2 Å². The van der Waals surface area contributed by atoms with Gasteiger partial charge in [0.15, 0.2) is 0 Å². The summed E-state index contributed by atoms with van der Waals surface area (Å²) in [5.41, 5.74) is 1.60. The number of hydrogen-bond acceptors (Lipinski definition) is 4. The fourth-order valence-electron chi connectivity index (χ4n) is 1.60. The number of carbonyl (C=O) groups is 1. The number of oxazole rings is 1. The first-order valence-electron chi connectivity index (χ1n) is 5.52. The molecule has 0 fully saturated rings. The van der Waals surface area contributed by atoms with Crippen LogP contribution in [0.2, 0.25) is 0 Å². The molecule has 2 aromatic heterocycles. The highest BCUT2D eigenvalue weighted by atomic mass is 79.9. The number of thiophene rings is 1. The molecule has 0 atom stereocenters. The van der Waals surface area contributed by atoms with E-state index in [0.717, 1.165) is 20.6 Å². The van der Waals surface area contributed by atoms with Crippen LogP contribution in [0, 0.1) is 6.92 Å². The molecule has 2 heterocycles. The lowest BCUT2D eigenvalue weighted by Crippen LogP contribution is -1.99. The van der Waals surface area contributed by atoms with Gasteiger partial charge in [0.1, 0.15) is 0 Å². The first kappa shape index (κ1) is 13.3. The van der Waals surface area contributed by atoms with E-state index in [1.807, 2.05) is 19.9 Å². The van der Waals surface area contributed by atoms with Crippen molar-refractivity contribution in [1.82, 2.24) is 4.98 Å². The van der Waals surface area contributed by atoms with Gasteiger partial charge in [0.2, 0.25) is 11.7 Å². The molecule has 6 heteroatoms. The Labute approximate surface area is 117 Å². The van der Waals surface area contributed by atoms with E-state index in [9.17, 15) is 4.79 Å². The summed E-state index contributed by atoms with van der Waals surface area (Å²) >= 11 is 4.92. The molecule has 2 aromatic rings. The van der Waals surface area contributed by atoms with Gasteiger partial charge in [-0.15, -0.1) is 11.3 Å². The highest BCUT2D eigenvalue weighted by molar-refractivity contribution is 9.11. The lowest BCUT2D eigenvalue weighted by atomic mass is 10.2. The lowest BCUT2D eigenvalue weighted by Gasteiger charge is -1.91. The third-order valence-electron chi connectivity index (χ3n) is 2.45. The van der Waals surface area contributed by atoms with Crippen molar-refractivity contribution in [2.45, 2.75) is 26.7 Å². The number of aromatic carboxylic acids is 1. The van der Waals surface area contributed by atoms with Crippen LogP contribution >= 0.6 is 27.3 Å². The minimum Gasteiger partial charge on any atom is -0.475 e. The molecular weight excluding hydrogens is 318 g/mol. The van der Waals surface area contributed by atoms with Gasteiger partial charge in [0.05, 0.1) is 14.4 Å². The smallest absolute Gasteiger partial charge is 0.373 e. The van der Waals surface area contributed by atoms with Crippen LogP contribution in [-0.2, 0) is 6.42 Å². The summed E-state index contributed by atoms with van der Waals surface area (Å²) in [6.07, 6.45) is 1.44. The summed E-state index contributed by atoms with van der Waals surface area (Å²) in [4.78, 5) is 16.2. The van der Waals surface area contributed by atoms with E-state index >= 15 is 0 Å². The van der Waals surface area contributed by atoms with E-state index in [0.29, 0.717) is 18.0 Å². The first-order valence-corrected chi connectivity index (χ1v) is 7.13. The van der Waals surface area contributed by atoms with E-state index in [1.54, 1.807) is 0 Å². The second-order valence-corrected chi connectivity index (χ2v) is 6.29. The highest BCUT2D eigenvalue weighted by Gasteiger charge is 2.20. The van der Waals surface area contributed by atoms with Gasteiger partial charge in [-0.25, -0.2) is 9.78 Å². The summed E-state index contributed by atoms with van der Waals surface area (Å²) < 4.78 is 6.37. The van der Waals surface area contributed by atoms with Crippen LogP contribution in [0.25, 0.3) is 10.8 Å². The molecule has 0 saturated carbocycles. The fraction of sp³-hybridized carbons (Fsp3) is 0.333. The maximum absolute atomic E-state index is 11.1. The Kier molecular flexibility index (Phi) is 3.87. The summed E-state index contributed by atoms with van der Waals surface area (Å²) in [6.45, 7) is 3.95. The van der Waals surface area contributed by atoms with Gasteiger partial charge < -0.3 is 9.52 Å². The quantitative estimate of drug-likeness (QED) is 0.916. The zero-order valence-electron chi connectivity index (χ0n) is 9.99. The van der Waals surface area contributed by atoms with E-state index in [4.69, 9.17) is 9.52 Å². The lowest BCUT2D eigenvalue weighted by molar-refractivity contribution is 0.0662. The molecule has 96 valence electrons. The van der Waals surface area contributed by atoms with Crippen molar-refractivity contribution in [1.29, 1.82) is 0 Å². The van der Waals surface area contributed by atoms with Crippen molar-refractivity contribution in [3.05, 3.63) is 26.9 Å². The number of aromatic nitrogens is 1. The predicted octanol–water partition coefficient (Wildman–Crippen LogP) is 4.12. The molecule has 0 bridgehead atoms. The largest absolute Gasteiger partial charge is 0.475 e. The van der Waals surface area contributed by atoms with Gasteiger partial charge in [0, 0.05) is 0 Å². The van der Waals surface area contributed by atoms with E-state index in [1.165, 1.54) is 11.3 Å². The molecule has 0 spiro atoms. The maximum atomic E-state index is 11.1. The average Bonchev–Trinajstić information content (AvgIpc) is 2.85. The molecule has 0 aliphatic carbocycles. The van der Waals surface area contributed by atoms with Crippen LogP contribution in [-0.4, -0.2) is 16.1 Å². The van der Waals surface area contributed by atoms with Crippen molar-refractivity contribution in [3.8, 4) is 10.8 Å². The third kappa shape index (κ3) is 2.49. The topological polar surface area (TPSA) is 63.3 Å². The standard InChI is InChI=1S/C12H12BrNO3S/c1-3-4-7-9(12(15)16)17-11(14-7)8-5-6(2)10(13)18-8/h5H,3-4H2,1-2H3,(H,15,16). The number of carboxylic acids is 1. The van der Waals surface area contributed by atoms with Gasteiger partial charge in [-0.2, -0.15) is 0 Å². The second-order valence-electron chi connectivity index (χ2n) is 3.92. The number of carboxylic acid groups (broad SMARTS) is 1. The van der Waals surface area contributed by atoms with Crippen LogP contribution in [0.4, 0.5) is 0 Å². The molecule has 2 rings (SSSR count). The minimum atomic E-state index is -1.07. The second kappa shape index (κ2) is 5.24. The van der Waals surface area contributed by atoms with Gasteiger partial charge in [-0.3, -0.25) is 0 Å². The molecule has 0 unspecified atom stereocenters. The summed E-state index contributed by atoms with van der Waals surface area (Å²) in [7, 11) is 0. The van der Waals surface area contributed by atoms with Crippen LogP contribution in [0.1, 0.15) is 35.2 Å². The SMILES string of the molecule is CCCc1nc(-c2cc(C)c(Br)s2)oc1C(=O)O. The van der Waals surface area contributed by atoms with Crippen molar-refractivity contribution in [2.24, 2.45) is 0 Å². The van der Waals surface area contributed by atoms with Gasteiger partial charge >= 0.3 is 5.97 Å². The van der Waals surface area contributed by atoms with Gasteiger partial charge in [-0.1, -0.05) is 13.3 Å². The molecule has 0 amide bonds. The monoisotopic (exact) mass is 329 g/mol. The van der Waals surface area contributed by atoms with Crippen molar-refractivity contribution < 1.29 is 14.3 Å². The number of nitrogens with zero attached hydrogens (tertiary/aromatic N) is 1.